The van der Waals surface area contributed by atoms with Crippen molar-refractivity contribution in [1.82, 2.24) is 0 Å². The molecule has 0 unspecified atom stereocenters. The van der Waals surface area contributed by atoms with Crippen molar-refractivity contribution in [2.75, 3.05) is 0 Å². The second-order valence-corrected chi connectivity index (χ2v) is 18.4. The highest BCUT2D eigenvalue weighted by Gasteiger charge is 2.49. The Hall–Kier alpha value is -4.72. The van der Waals surface area contributed by atoms with Crippen LogP contribution in [-0.2, 0) is 27.3 Å². The molecule has 0 aliphatic carbocycles. The van der Waals surface area contributed by atoms with Crippen molar-refractivity contribution in [1.29, 1.82) is 0 Å². The lowest BCUT2D eigenvalue weighted by molar-refractivity contribution is -0.0283. The van der Waals surface area contributed by atoms with E-state index in [1.165, 1.54) is 33.4 Å². The molecule has 6 aromatic carbocycles. The lowest BCUT2D eigenvalue weighted by Crippen LogP contribution is -2.45. The van der Waals surface area contributed by atoms with Crippen LogP contribution in [0.2, 0.25) is 0 Å². The third kappa shape index (κ3) is 6.77. The van der Waals surface area contributed by atoms with Gasteiger partial charge >= 0.3 is 0 Å². The van der Waals surface area contributed by atoms with Crippen LogP contribution in [0.1, 0.15) is 132 Å². The fourth-order valence-corrected chi connectivity index (χ4v) is 8.55. The summed E-state index contributed by atoms with van der Waals surface area (Å²) < 4.78 is 0. The number of aliphatic hydroxyl groups is 1. The minimum absolute atomic E-state index is 0.258. The predicted octanol–water partition coefficient (Wildman–Crippen LogP) is 13.3. The van der Waals surface area contributed by atoms with Gasteiger partial charge in [-0.05, 0) is 61.0 Å². The average molecular weight is 713 g/mol. The van der Waals surface area contributed by atoms with Gasteiger partial charge in [0.25, 0.3) is 0 Å². The summed E-state index contributed by atoms with van der Waals surface area (Å²) in [5, 5.41) is 14.1. The molecule has 0 heterocycles. The maximum Gasteiger partial charge on any atom is 0.120 e. The molecule has 6 aromatic rings. The Kier molecular flexibility index (Phi) is 10.2. The van der Waals surface area contributed by atoms with Gasteiger partial charge in [0.15, 0.2) is 0 Å². The second kappa shape index (κ2) is 14.2. The van der Waals surface area contributed by atoms with Crippen molar-refractivity contribution >= 4 is 0 Å². The van der Waals surface area contributed by atoms with E-state index in [1.807, 2.05) is 0 Å². The molecule has 6 rings (SSSR count). The van der Waals surface area contributed by atoms with E-state index in [2.05, 4.69) is 234 Å². The Morgan fingerprint density at radius 3 is 0.796 bits per heavy atom. The van der Waals surface area contributed by atoms with Crippen LogP contribution in [0.25, 0.3) is 0 Å². The van der Waals surface area contributed by atoms with E-state index >= 15 is 0 Å². The average Bonchev–Trinajstić information content (AvgIpc) is 3.18. The van der Waals surface area contributed by atoms with E-state index in [1.54, 1.807) is 0 Å². The Bertz CT molecular complexity index is 2030. The molecule has 0 aliphatic rings. The van der Waals surface area contributed by atoms with Gasteiger partial charge in [-0.15, -0.1) is 0 Å². The van der Waals surface area contributed by atoms with E-state index < -0.39 is 21.8 Å². The molecular formula is C53H60O. The van der Waals surface area contributed by atoms with Gasteiger partial charge in [0.05, 0.1) is 0 Å². The second-order valence-electron chi connectivity index (χ2n) is 18.4. The predicted molar refractivity (Wildman–Crippen MR) is 230 cm³/mol. The highest BCUT2D eigenvalue weighted by Crippen LogP contribution is 2.53. The first-order valence-corrected chi connectivity index (χ1v) is 19.6. The fourth-order valence-electron chi connectivity index (χ4n) is 8.55. The number of hydrogen-bond acceptors (Lipinski definition) is 1. The SMILES string of the molecule is CC(C)(c1ccccc1)c1ccc(C(O)(c2ccc(C(C)(C)c3ccccc3)cc2C(C)(C)c2ccccc2)C(C)(C)C)c(C(C)(C)c2ccccc2)c1. The number of hydrogen-bond donors (Lipinski definition) is 1. The van der Waals surface area contributed by atoms with Gasteiger partial charge in [-0.25, -0.2) is 0 Å². The summed E-state index contributed by atoms with van der Waals surface area (Å²) in [4.78, 5) is 0. The lowest BCUT2D eigenvalue weighted by Gasteiger charge is -2.47. The summed E-state index contributed by atoms with van der Waals surface area (Å²) in [6.45, 7) is 25.0. The first-order valence-electron chi connectivity index (χ1n) is 19.6. The van der Waals surface area contributed by atoms with Gasteiger partial charge < -0.3 is 5.11 Å². The summed E-state index contributed by atoms with van der Waals surface area (Å²) >= 11 is 0. The summed E-state index contributed by atoms with van der Waals surface area (Å²) in [6.07, 6.45) is 0. The van der Waals surface area contributed by atoms with Crippen LogP contribution in [0.15, 0.2) is 158 Å². The third-order valence-electron chi connectivity index (χ3n) is 12.7. The summed E-state index contributed by atoms with van der Waals surface area (Å²) in [6, 6.07) is 56.9. The molecule has 0 saturated carbocycles. The van der Waals surface area contributed by atoms with Crippen molar-refractivity contribution in [3.63, 3.8) is 0 Å². The Labute approximate surface area is 326 Å². The standard InChI is InChI=1S/C53H60O/c1-48(2,3)53(54,44-34-32-42(49(4,5)38-24-16-12-17-25-38)36-46(44)51(8,9)40-28-20-14-21-29-40)45-35-33-43(50(6,7)39-26-18-13-19-27-39)37-47(45)52(10,11)41-30-22-15-23-31-41/h12-37,54H,1-11H3. The van der Waals surface area contributed by atoms with E-state index in [4.69, 9.17) is 0 Å². The molecule has 0 amide bonds. The van der Waals surface area contributed by atoms with Gasteiger partial charge in [-0.3, -0.25) is 0 Å². The normalized spacial score (nSPS) is 13.2. The van der Waals surface area contributed by atoms with Gasteiger partial charge in [0.2, 0.25) is 0 Å². The van der Waals surface area contributed by atoms with Gasteiger partial charge in [0.1, 0.15) is 5.60 Å². The number of rotatable bonds is 10. The quantitative estimate of drug-likeness (QED) is 0.150. The fraction of sp³-hybridized carbons (Fsp3) is 0.321. The van der Waals surface area contributed by atoms with Crippen LogP contribution in [0.4, 0.5) is 0 Å². The van der Waals surface area contributed by atoms with Gasteiger partial charge in [0, 0.05) is 21.7 Å². The van der Waals surface area contributed by atoms with Crippen molar-refractivity contribution in [2.24, 2.45) is 5.41 Å². The zero-order valence-corrected chi connectivity index (χ0v) is 34.5. The molecule has 0 fully saturated rings. The van der Waals surface area contributed by atoms with Crippen molar-refractivity contribution in [2.45, 2.75) is 103 Å². The monoisotopic (exact) mass is 712 g/mol. The molecule has 0 saturated heterocycles. The first kappa shape index (κ1) is 39.0. The van der Waals surface area contributed by atoms with Crippen molar-refractivity contribution in [3.05, 3.63) is 213 Å². The van der Waals surface area contributed by atoms with Crippen molar-refractivity contribution in [3.8, 4) is 0 Å². The molecule has 0 aliphatic heterocycles. The van der Waals surface area contributed by atoms with Crippen LogP contribution in [0.5, 0.6) is 0 Å². The Morgan fingerprint density at radius 1 is 0.278 bits per heavy atom. The van der Waals surface area contributed by atoms with E-state index in [0.717, 1.165) is 22.3 Å². The lowest BCUT2D eigenvalue weighted by atomic mass is 9.60. The number of benzene rings is 6. The summed E-state index contributed by atoms with van der Waals surface area (Å²) in [7, 11) is 0. The smallest absolute Gasteiger partial charge is 0.120 e. The molecule has 0 radical (unpaired) electrons. The summed E-state index contributed by atoms with van der Waals surface area (Å²) in [5.74, 6) is 0. The molecular weight excluding hydrogens is 653 g/mol. The largest absolute Gasteiger partial charge is 0.380 e. The molecule has 0 spiro atoms. The molecule has 0 aromatic heterocycles. The van der Waals surface area contributed by atoms with Crippen LogP contribution >= 0.6 is 0 Å². The molecule has 278 valence electrons. The van der Waals surface area contributed by atoms with Crippen LogP contribution in [-0.4, -0.2) is 5.11 Å². The maximum atomic E-state index is 14.1. The van der Waals surface area contributed by atoms with E-state index in [-0.39, 0.29) is 10.8 Å². The zero-order chi connectivity index (χ0) is 39.2. The highest BCUT2D eigenvalue weighted by atomic mass is 16.3. The Morgan fingerprint density at radius 2 is 0.537 bits per heavy atom. The Balaban J connectivity index is 1.69. The van der Waals surface area contributed by atoms with E-state index in [9.17, 15) is 5.11 Å². The van der Waals surface area contributed by atoms with Crippen molar-refractivity contribution < 1.29 is 5.11 Å². The molecule has 1 nitrogen and oxygen atoms in total. The summed E-state index contributed by atoms with van der Waals surface area (Å²) in [5.41, 5.74) is 8.18. The first-order chi connectivity index (χ1) is 25.3. The third-order valence-corrected chi connectivity index (χ3v) is 12.7. The molecule has 0 bridgehead atoms. The minimum Gasteiger partial charge on any atom is -0.380 e. The zero-order valence-electron chi connectivity index (χ0n) is 34.5. The molecule has 1 heteroatoms. The van der Waals surface area contributed by atoms with Crippen LogP contribution in [0.3, 0.4) is 0 Å². The molecule has 0 atom stereocenters. The van der Waals surface area contributed by atoms with Crippen LogP contribution < -0.4 is 0 Å². The van der Waals surface area contributed by atoms with Gasteiger partial charge in [-0.1, -0.05) is 234 Å². The maximum absolute atomic E-state index is 14.1. The van der Waals surface area contributed by atoms with Crippen LogP contribution in [0, 0.1) is 5.41 Å². The molecule has 54 heavy (non-hydrogen) atoms. The topological polar surface area (TPSA) is 20.2 Å². The molecule has 1 N–H and O–H groups in total. The van der Waals surface area contributed by atoms with E-state index in [0.29, 0.717) is 0 Å². The highest BCUT2D eigenvalue weighted by molar-refractivity contribution is 5.58. The van der Waals surface area contributed by atoms with Gasteiger partial charge in [-0.2, -0.15) is 0 Å². The minimum atomic E-state index is -1.37.